The van der Waals surface area contributed by atoms with E-state index in [1.807, 2.05) is 19.9 Å². The van der Waals surface area contributed by atoms with E-state index in [1.54, 1.807) is 6.07 Å². The molecular weight excluding hydrogens is 387 g/mol. The number of methoxy groups -OCH3 is 1. The van der Waals surface area contributed by atoms with Gasteiger partial charge in [0, 0.05) is 4.47 Å². The molecule has 0 amide bonds. The smallest absolute Gasteiger partial charge is 0.165 e. The molecule has 106 valence electrons. The van der Waals surface area contributed by atoms with Gasteiger partial charge in [-0.15, -0.1) is 0 Å². The van der Waals surface area contributed by atoms with E-state index in [9.17, 15) is 4.39 Å². The monoisotopic (exact) mass is 400 g/mol. The lowest BCUT2D eigenvalue weighted by molar-refractivity contribution is 0.386. The van der Waals surface area contributed by atoms with Crippen molar-refractivity contribution in [3.63, 3.8) is 0 Å². The second kappa shape index (κ2) is 6.27. The number of hydrogen-bond acceptors (Lipinski definition) is 1. The molecule has 0 aliphatic heterocycles. The highest BCUT2D eigenvalue weighted by molar-refractivity contribution is 9.10. The molecule has 1 unspecified atom stereocenters. The van der Waals surface area contributed by atoms with Crippen LogP contribution in [0.5, 0.6) is 5.75 Å². The molecule has 0 saturated heterocycles. The van der Waals surface area contributed by atoms with Gasteiger partial charge in [0.1, 0.15) is 0 Å². The van der Waals surface area contributed by atoms with E-state index in [-0.39, 0.29) is 16.4 Å². The maximum Gasteiger partial charge on any atom is 0.165 e. The van der Waals surface area contributed by atoms with Crippen molar-refractivity contribution >= 4 is 31.9 Å². The van der Waals surface area contributed by atoms with Crippen LogP contribution in [0.25, 0.3) is 0 Å². The number of aryl methyl sites for hydroxylation is 2. The second-order valence-electron chi connectivity index (χ2n) is 4.71. The van der Waals surface area contributed by atoms with Crippen LogP contribution in [0.3, 0.4) is 0 Å². The summed E-state index contributed by atoms with van der Waals surface area (Å²) in [6.45, 7) is 4.09. The van der Waals surface area contributed by atoms with Crippen molar-refractivity contribution in [1.29, 1.82) is 0 Å². The van der Waals surface area contributed by atoms with Crippen LogP contribution in [0, 0.1) is 19.7 Å². The number of hydrogen-bond donors (Lipinski definition) is 0. The van der Waals surface area contributed by atoms with E-state index in [2.05, 4.69) is 44.0 Å². The standard InChI is InChI=1S/C16H15Br2FO/c1-9-7-13(17)10(2)6-12(9)16(18)11-4-5-15(20-3)14(19)8-11/h4-8,16H,1-3H3. The summed E-state index contributed by atoms with van der Waals surface area (Å²) >= 11 is 7.19. The van der Waals surface area contributed by atoms with Gasteiger partial charge in [-0.1, -0.05) is 44.0 Å². The summed E-state index contributed by atoms with van der Waals surface area (Å²) < 4.78 is 19.8. The Kier molecular flexibility index (Phi) is 4.86. The third-order valence-corrected chi connectivity index (χ3v) is 5.17. The third kappa shape index (κ3) is 3.07. The molecule has 2 aromatic rings. The topological polar surface area (TPSA) is 9.23 Å². The highest BCUT2D eigenvalue weighted by Crippen LogP contribution is 2.36. The van der Waals surface area contributed by atoms with E-state index in [0.717, 1.165) is 26.7 Å². The molecule has 0 bridgehead atoms. The Hall–Kier alpha value is -0.870. The van der Waals surface area contributed by atoms with Crippen LogP contribution in [0.4, 0.5) is 4.39 Å². The van der Waals surface area contributed by atoms with Gasteiger partial charge in [0.2, 0.25) is 0 Å². The summed E-state index contributed by atoms with van der Waals surface area (Å²) in [5.41, 5.74) is 4.31. The molecular formula is C16H15Br2FO. The minimum Gasteiger partial charge on any atom is -0.494 e. The van der Waals surface area contributed by atoms with Gasteiger partial charge < -0.3 is 4.74 Å². The lowest BCUT2D eigenvalue weighted by Crippen LogP contribution is -1.99. The summed E-state index contributed by atoms with van der Waals surface area (Å²) in [4.78, 5) is -0.0466. The van der Waals surface area contributed by atoms with Gasteiger partial charge in [-0.25, -0.2) is 4.39 Å². The predicted octanol–water partition coefficient (Wildman–Crippen LogP) is 5.70. The Balaban J connectivity index is 2.43. The summed E-state index contributed by atoms with van der Waals surface area (Å²) in [6.07, 6.45) is 0. The molecule has 2 aromatic carbocycles. The second-order valence-corrected chi connectivity index (χ2v) is 6.48. The lowest BCUT2D eigenvalue weighted by atomic mass is 9.98. The number of benzene rings is 2. The van der Waals surface area contributed by atoms with Crippen LogP contribution in [0.1, 0.15) is 27.1 Å². The first-order valence-corrected chi connectivity index (χ1v) is 7.89. The van der Waals surface area contributed by atoms with Gasteiger partial charge in [-0.05, 0) is 54.3 Å². The number of halogens is 3. The van der Waals surface area contributed by atoms with Gasteiger partial charge >= 0.3 is 0 Å². The molecule has 0 aliphatic carbocycles. The van der Waals surface area contributed by atoms with E-state index >= 15 is 0 Å². The Bertz CT molecular complexity index is 641. The van der Waals surface area contributed by atoms with Gasteiger partial charge in [-0.2, -0.15) is 0 Å². The Morgan fingerprint density at radius 2 is 1.80 bits per heavy atom. The van der Waals surface area contributed by atoms with Crippen LogP contribution in [-0.4, -0.2) is 7.11 Å². The minimum atomic E-state index is -0.346. The molecule has 0 saturated carbocycles. The molecule has 0 aliphatic rings. The fourth-order valence-electron chi connectivity index (χ4n) is 2.10. The SMILES string of the molecule is COc1ccc(C(Br)c2cc(C)c(Br)cc2C)cc1F. The molecule has 1 nitrogen and oxygen atoms in total. The first kappa shape index (κ1) is 15.5. The average Bonchev–Trinajstić information content (AvgIpc) is 2.42. The summed E-state index contributed by atoms with van der Waals surface area (Å²) in [5.74, 6) is -0.0851. The molecule has 2 rings (SSSR count). The number of rotatable bonds is 3. The van der Waals surface area contributed by atoms with Crippen molar-refractivity contribution in [2.75, 3.05) is 7.11 Å². The maximum atomic E-state index is 13.8. The largest absolute Gasteiger partial charge is 0.494 e. The minimum absolute atomic E-state index is 0.0466. The molecule has 1 atom stereocenters. The van der Waals surface area contributed by atoms with Gasteiger partial charge in [0.25, 0.3) is 0 Å². The summed E-state index contributed by atoms with van der Waals surface area (Å²) in [5, 5.41) is 0. The molecule has 0 N–H and O–H groups in total. The van der Waals surface area contributed by atoms with Crippen molar-refractivity contribution in [2.24, 2.45) is 0 Å². The van der Waals surface area contributed by atoms with E-state index in [1.165, 1.54) is 13.2 Å². The molecule has 4 heteroatoms. The Labute approximate surface area is 135 Å². The number of alkyl halides is 1. The third-order valence-electron chi connectivity index (χ3n) is 3.29. The number of ether oxygens (including phenoxy) is 1. The molecule has 0 spiro atoms. The van der Waals surface area contributed by atoms with Crippen LogP contribution in [0.2, 0.25) is 0 Å². The van der Waals surface area contributed by atoms with Crippen molar-refractivity contribution in [3.05, 3.63) is 62.9 Å². The van der Waals surface area contributed by atoms with Gasteiger partial charge in [-0.3, -0.25) is 0 Å². The highest BCUT2D eigenvalue weighted by atomic mass is 79.9. The molecule has 0 aromatic heterocycles. The Morgan fingerprint density at radius 1 is 1.10 bits per heavy atom. The normalized spacial score (nSPS) is 12.3. The van der Waals surface area contributed by atoms with Gasteiger partial charge in [0.15, 0.2) is 11.6 Å². The van der Waals surface area contributed by atoms with Crippen LogP contribution in [0.15, 0.2) is 34.8 Å². The van der Waals surface area contributed by atoms with Crippen molar-refractivity contribution in [3.8, 4) is 5.75 Å². The van der Waals surface area contributed by atoms with Crippen LogP contribution >= 0.6 is 31.9 Å². The van der Waals surface area contributed by atoms with Crippen molar-refractivity contribution in [2.45, 2.75) is 18.7 Å². The van der Waals surface area contributed by atoms with E-state index < -0.39 is 0 Å². The fraction of sp³-hybridized carbons (Fsp3) is 0.250. The average molecular weight is 402 g/mol. The van der Waals surface area contributed by atoms with Crippen LogP contribution in [-0.2, 0) is 0 Å². The first-order chi connectivity index (χ1) is 9.43. The van der Waals surface area contributed by atoms with Gasteiger partial charge in [0.05, 0.1) is 11.9 Å². The zero-order valence-corrected chi connectivity index (χ0v) is 14.7. The molecule has 0 heterocycles. The van der Waals surface area contributed by atoms with Crippen LogP contribution < -0.4 is 4.74 Å². The van der Waals surface area contributed by atoms with E-state index in [4.69, 9.17) is 4.74 Å². The fourth-order valence-corrected chi connectivity index (χ4v) is 3.33. The highest BCUT2D eigenvalue weighted by Gasteiger charge is 2.16. The quantitative estimate of drug-likeness (QED) is 0.599. The molecule has 0 fully saturated rings. The van der Waals surface area contributed by atoms with E-state index in [0.29, 0.717) is 0 Å². The summed E-state index contributed by atoms with van der Waals surface area (Å²) in [7, 11) is 1.46. The molecule has 20 heavy (non-hydrogen) atoms. The predicted molar refractivity (Wildman–Crippen MR) is 87.3 cm³/mol. The first-order valence-electron chi connectivity index (χ1n) is 6.18. The lowest BCUT2D eigenvalue weighted by Gasteiger charge is -2.16. The zero-order chi connectivity index (χ0) is 14.9. The van der Waals surface area contributed by atoms with Crippen molar-refractivity contribution < 1.29 is 9.13 Å². The maximum absolute atomic E-state index is 13.8. The molecule has 0 radical (unpaired) electrons. The summed E-state index contributed by atoms with van der Waals surface area (Å²) in [6, 6.07) is 9.23. The zero-order valence-electron chi connectivity index (χ0n) is 11.5. The van der Waals surface area contributed by atoms with Crippen molar-refractivity contribution in [1.82, 2.24) is 0 Å². The Morgan fingerprint density at radius 3 is 2.40 bits per heavy atom.